The van der Waals surface area contributed by atoms with E-state index in [4.69, 9.17) is 0 Å². The fourth-order valence-corrected chi connectivity index (χ4v) is 2.99. The molecule has 0 radical (unpaired) electrons. The Morgan fingerprint density at radius 2 is 2.26 bits per heavy atom. The fraction of sp³-hybridized carbons (Fsp3) is 0.429. The van der Waals surface area contributed by atoms with Crippen molar-refractivity contribution in [2.45, 2.75) is 19.4 Å². The number of carbonyl (C=O) groups is 1. The summed E-state index contributed by atoms with van der Waals surface area (Å²) in [5.74, 6) is -0.0252. The first-order valence-corrected chi connectivity index (χ1v) is 6.47. The molecule has 1 aromatic carbocycles. The van der Waals surface area contributed by atoms with E-state index in [2.05, 4.69) is 21.5 Å². The van der Waals surface area contributed by atoms with Crippen molar-refractivity contribution in [3.8, 4) is 0 Å². The van der Waals surface area contributed by atoms with Gasteiger partial charge in [-0.3, -0.25) is 0 Å². The van der Waals surface area contributed by atoms with E-state index in [1.807, 2.05) is 13.0 Å². The number of aromatic carboxylic acids is 1. The molecule has 1 saturated heterocycles. The number of likely N-dealkylation sites (N-methyl/N-ethyl adjacent to an activating group) is 1. The maximum Gasteiger partial charge on any atom is 0.337 e. The van der Waals surface area contributed by atoms with E-state index < -0.39 is 5.97 Å². The number of carboxylic acid groups (broad SMARTS) is 1. The van der Waals surface area contributed by atoms with Crippen LogP contribution in [0.25, 0.3) is 11.0 Å². The molecule has 1 unspecified atom stereocenters. The number of rotatable bonds is 2. The molecule has 5 nitrogen and oxygen atoms in total. The third-order valence-corrected chi connectivity index (χ3v) is 3.86. The number of aryl methyl sites for hydroxylation is 1. The van der Waals surface area contributed by atoms with Gasteiger partial charge in [0.05, 0.1) is 11.1 Å². The lowest BCUT2D eigenvalue weighted by atomic mass is 10.1. The van der Waals surface area contributed by atoms with Crippen LogP contribution in [0.3, 0.4) is 0 Å². The molecule has 1 aliphatic rings. The molecule has 0 saturated carbocycles. The minimum absolute atomic E-state index is 0.283. The van der Waals surface area contributed by atoms with E-state index in [0.717, 1.165) is 30.9 Å². The van der Waals surface area contributed by atoms with E-state index in [1.165, 1.54) is 0 Å². The highest BCUT2D eigenvalue weighted by Gasteiger charge is 2.25. The average molecular weight is 259 g/mol. The highest BCUT2D eigenvalue weighted by molar-refractivity contribution is 6.01. The zero-order valence-electron chi connectivity index (χ0n) is 11.1. The number of imidazole rings is 1. The predicted octanol–water partition coefficient (Wildman–Crippen LogP) is 1.92. The molecule has 1 atom stereocenters. The van der Waals surface area contributed by atoms with Crippen LogP contribution in [0.4, 0.5) is 0 Å². The molecule has 3 rings (SSSR count). The maximum absolute atomic E-state index is 11.3. The van der Waals surface area contributed by atoms with Gasteiger partial charge in [-0.1, -0.05) is 6.07 Å². The lowest BCUT2D eigenvalue weighted by Gasteiger charge is -2.15. The van der Waals surface area contributed by atoms with E-state index in [1.54, 1.807) is 12.1 Å². The van der Waals surface area contributed by atoms with Gasteiger partial charge in [-0.2, -0.15) is 0 Å². The number of fused-ring (bicyclic) bond motifs is 1. The Hall–Kier alpha value is -1.88. The number of para-hydroxylation sites is 1. The summed E-state index contributed by atoms with van der Waals surface area (Å²) >= 11 is 0. The first kappa shape index (κ1) is 12.2. The number of hydrogen-bond donors (Lipinski definition) is 1. The van der Waals surface area contributed by atoms with Crippen molar-refractivity contribution in [3.05, 3.63) is 29.6 Å². The van der Waals surface area contributed by atoms with Crippen LogP contribution in [0.15, 0.2) is 18.2 Å². The predicted molar refractivity (Wildman–Crippen MR) is 72.6 cm³/mol. The van der Waals surface area contributed by atoms with Crippen LogP contribution in [0.5, 0.6) is 0 Å². The Labute approximate surface area is 111 Å². The van der Waals surface area contributed by atoms with E-state index in [-0.39, 0.29) is 5.56 Å². The van der Waals surface area contributed by atoms with Crippen molar-refractivity contribution in [2.24, 2.45) is 0 Å². The van der Waals surface area contributed by atoms with Gasteiger partial charge < -0.3 is 14.6 Å². The van der Waals surface area contributed by atoms with Crippen molar-refractivity contribution in [1.29, 1.82) is 0 Å². The number of hydrogen-bond acceptors (Lipinski definition) is 3. The van der Waals surface area contributed by atoms with Gasteiger partial charge >= 0.3 is 5.97 Å². The van der Waals surface area contributed by atoms with Crippen LogP contribution in [0.2, 0.25) is 0 Å². The molecular formula is C14H17N3O2. The molecule has 0 bridgehead atoms. The Balaban J connectivity index is 2.18. The van der Waals surface area contributed by atoms with E-state index >= 15 is 0 Å². The zero-order valence-corrected chi connectivity index (χ0v) is 11.1. The Kier molecular flexibility index (Phi) is 2.78. The third kappa shape index (κ3) is 1.90. The largest absolute Gasteiger partial charge is 0.478 e. The highest BCUT2D eigenvalue weighted by atomic mass is 16.4. The Morgan fingerprint density at radius 1 is 1.47 bits per heavy atom. The van der Waals surface area contributed by atoms with Crippen molar-refractivity contribution in [2.75, 3.05) is 20.1 Å². The normalized spacial score (nSPS) is 20.2. The molecular weight excluding hydrogens is 242 g/mol. The second-order valence-electron chi connectivity index (χ2n) is 5.21. The van der Waals surface area contributed by atoms with Gasteiger partial charge in [0.25, 0.3) is 0 Å². The summed E-state index contributed by atoms with van der Waals surface area (Å²) in [6.07, 6.45) is 1.08. The average Bonchev–Trinajstić information content (AvgIpc) is 2.90. The second-order valence-corrected chi connectivity index (χ2v) is 5.21. The third-order valence-electron chi connectivity index (χ3n) is 3.86. The summed E-state index contributed by atoms with van der Waals surface area (Å²) in [5.41, 5.74) is 1.81. The Morgan fingerprint density at radius 3 is 2.89 bits per heavy atom. The van der Waals surface area contributed by atoms with E-state index in [9.17, 15) is 9.90 Å². The SMILES string of the molecule is Cc1nc2c(C(=O)O)cccc2n1C1CCN(C)C1. The standard InChI is InChI=1S/C14H17N3O2/c1-9-15-13-11(14(18)19)4-3-5-12(13)17(9)10-6-7-16(2)8-10/h3-5,10H,6-8H2,1-2H3,(H,18,19). The maximum atomic E-state index is 11.3. The smallest absolute Gasteiger partial charge is 0.337 e. The number of carboxylic acids is 1. The van der Waals surface area contributed by atoms with Crippen LogP contribution < -0.4 is 0 Å². The number of aromatic nitrogens is 2. The minimum atomic E-state index is -0.918. The molecule has 1 aliphatic heterocycles. The van der Waals surface area contributed by atoms with Gasteiger partial charge in [-0.05, 0) is 39.1 Å². The number of likely N-dealkylation sites (tertiary alicyclic amines) is 1. The molecule has 2 heterocycles. The van der Waals surface area contributed by atoms with Crippen molar-refractivity contribution < 1.29 is 9.90 Å². The molecule has 2 aromatic rings. The lowest BCUT2D eigenvalue weighted by Crippen LogP contribution is -2.17. The first-order valence-electron chi connectivity index (χ1n) is 6.47. The van der Waals surface area contributed by atoms with E-state index in [0.29, 0.717) is 11.6 Å². The van der Waals surface area contributed by atoms with Crippen molar-refractivity contribution in [1.82, 2.24) is 14.5 Å². The zero-order chi connectivity index (χ0) is 13.6. The number of nitrogens with zero attached hydrogens (tertiary/aromatic N) is 3. The van der Waals surface area contributed by atoms with Gasteiger partial charge in [0.15, 0.2) is 0 Å². The summed E-state index contributed by atoms with van der Waals surface area (Å²) in [6, 6.07) is 5.75. The topological polar surface area (TPSA) is 58.4 Å². The molecule has 1 fully saturated rings. The minimum Gasteiger partial charge on any atom is -0.478 e. The summed E-state index contributed by atoms with van der Waals surface area (Å²) in [4.78, 5) is 18.0. The van der Waals surface area contributed by atoms with Crippen LogP contribution in [0, 0.1) is 6.92 Å². The van der Waals surface area contributed by atoms with Gasteiger partial charge in [0, 0.05) is 12.6 Å². The van der Waals surface area contributed by atoms with Gasteiger partial charge in [-0.15, -0.1) is 0 Å². The molecule has 1 N–H and O–H groups in total. The summed E-state index contributed by atoms with van der Waals surface area (Å²) in [7, 11) is 2.11. The molecule has 5 heteroatoms. The molecule has 100 valence electrons. The van der Waals surface area contributed by atoms with Gasteiger partial charge in [0.2, 0.25) is 0 Å². The molecule has 1 aromatic heterocycles. The number of benzene rings is 1. The second kappa shape index (κ2) is 4.35. The fourth-order valence-electron chi connectivity index (χ4n) is 2.99. The quantitative estimate of drug-likeness (QED) is 0.895. The Bertz CT molecular complexity index is 647. The highest BCUT2D eigenvalue weighted by Crippen LogP contribution is 2.28. The van der Waals surface area contributed by atoms with Crippen LogP contribution >= 0.6 is 0 Å². The monoisotopic (exact) mass is 259 g/mol. The summed E-state index contributed by atoms with van der Waals surface area (Å²) in [5, 5.41) is 9.23. The van der Waals surface area contributed by atoms with Crippen LogP contribution in [0.1, 0.15) is 28.6 Å². The summed E-state index contributed by atoms with van der Waals surface area (Å²) < 4.78 is 2.19. The molecule has 19 heavy (non-hydrogen) atoms. The first-order chi connectivity index (χ1) is 9.08. The van der Waals surface area contributed by atoms with Crippen LogP contribution in [-0.4, -0.2) is 45.7 Å². The van der Waals surface area contributed by atoms with Crippen molar-refractivity contribution >= 4 is 17.0 Å². The van der Waals surface area contributed by atoms with Gasteiger partial charge in [0.1, 0.15) is 11.3 Å². The molecule has 0 spiro atoms. The van der Waals surface area contributed by atoms with Crippen LogP contribution in [-0.2, 0) is 0 Å². The molecule has 0 amide bonds. The van der Waals surface area contributed by atoms with Crippen molar-refractivity contribution in [3.63, 3.8) is 0 Å². The molecule has 0 aliphatic carbocycles. The summed E-state index contributed by atoms with van der Waals surface area (Å²) in [6.45, 7) is 4.01. The van der Waals surface area contributed by atoms with Gasteiger partial charge in [-0.25, -0.2) is 9.78 Å². The lowest BCUT2D eigenvalue weighted by molar-refractivity contribution is 0.0699.